The molecule has 28 heavy (non-hydrogen) atoms. The largest absolute Gasteiger partial charge is 0.481 e. The molecule has 3 nitrogen and oxygen atoms in total. The minimum absolute atomic E-state index is 0.0674. The van der Waals surface area contributed by atoms with Gasteiger partial charge in [-0.2, -0.15) is 0 Å². The highest BCUT2D eigenvalue weighted by molar-refractivity contribution is 5.66. The van der Waals surface area contributed by atoms with Gasteiger partial charge >= 0.3 is 5.97 Å². The Labute approximate surface area is 171 Å². The van der Waals surface area contributed by atoms with Crippen LogP contribution in [0.15, 0.2) is 0 Å². The number of carboxylic acid groups (broad SMARTS) is 1. The molecule has 0 spiro atoms. The van der Waals surface area contributed by atoms with Crippen molar-refractivity contribution < 1.29 is 15.0 Å². The molecule has 0 saturated heterocycles. The van der Waals surface area contributed by atoms with E-state index in [4.69, 9.17) is 5.11 Å². The summed E-state index contributed by atoms with van der Waals surface area (Å²) in [6.45, 7) is 10.1. The van der Waals surface area contributed by atoms with Crippen LogP contribution in [-0.4, -0.2) is 22.3 Å². The summed E-state index contributed by atoms with van der Waals surface area (Å²) in [6.07, 6.45) is 12.3. The summed E-state index contributed by atoms with van der Waals surface area (Å²) in [7, 11) is 0. The van der Waals surface area contributed by atoms with Crippen LogP contribution in [0.25, 0.3) is 0 Å². The first-order valence-corrected chi connectivity index (χ1v) is 12.0. The Hall–Kier alpha value is -0.570. The van der Waals surface area contributed by atoms with Gasteiger partial charge in [-0.15, -0.1) is 0 Å². The molecule has 0 aromatic carbocycles. The molecule has 0 aliphatic heterocycles. The highest BCUT2D eigenvalue weighted by Crippen LogP contribution is 2.73. The number of aliphatic hydroxyl groups is 1. The van der Waals surface area contributed by atoms with Crippen LogP contribution in [0.2, 0.25) is 0 Å². The van der Waals surface area contributed by atoms with Gasteiger partial charge in [0.15, 0.2) is 0 Å². The Morgan fingerprint density at radius 1 is 0.929 bits per heavy atom. The zero-order valence-corrected chi connectivity index (χ0v) is 18.5. The number of rotatable bonds is 4. The lowest BCUT2D eigenvalue weighted by Gasteiger charge is -2.66. The molecule has 4 aliphatic carbocycles. The molecule has 2 N–H and O–H groups in total. The van der Waals surface area contributed by atoms with E-state index in [-0.39, 0.29) is 6.10 Å². The molecule has 0 bridgehead atoms. The smallest absolute Gasteiger partial charge is 0.303 e. The van der Waals surface area contributed by atoms with Crippen LogP contribution < -0.4 is 0 Å². The van der Waals surface area contributed by atoms with Crippen LogP contribution in [0.3, 0.4) is 0 Å². The van der Waals surface area contributed by atoms with Crippen LogP contribution >= 0.6 is 0 Å². The molecule has 3 heteroatoms. The number of carboxylic acids is 1. The summed E-state index contributed by atoms with van der Waals surface area (Å²) in [5.74, 6) is 2.87. The van der Waals surface area contributed by atoms with Gasteiger partial charge in [-0.1, -0.05) is 27.7 Å². The molecule has 4 saturated carbocycles. The molecular weight excluding hydrogens is 348 g/mol. The number of hydrogen-bond donors (Lipinski definition) is 2. The maximum atomic E-state index is 11.1. The van der Waals surface area contributed by atoms with E-state index >= 15 is 0 Å². The first-order valence-electron chi connectivity index (χ1n) is 12.0. The highest BCUT2D eigenvalue weighted by atomic mass is 16.4. The van der Waals surface area contributed by atoms with Gasteiger partial charge in [0.05, 0.1) is 6.10 Å². The Morgan fingerprint density at radius 3 is 2.29 bits per heavy atom. The molecule has 160 valence electrons. The third-order valence-electron chi connectivity index (χ3n) is 10.8. The zero-order valence-electron chi connectivity index (χ0n) is 18.5. The van der Waals surface area contributed by atoms with Crippen molar-refractivity contribution in [2.75, 3.05) is 0 Å². The third-order valence-corrected chi connectivity index (χ3v) is 10.8. The second-order valence-electron chi connectivity index (χ2n) is 11.9. The second kappa shape index (κ2) is 7.00. The van der Waals surface area contributed by atoms with Gasteiger partial charge in [-0.25, -0.2) is 0 Å². The molecule has 0 radical (unpaired) electrons. The number of carbonyl (C=O) groups is 1. The Balaban J connectivity index is 1.57. The van der Waals surface area contributed by atoms with E-state index in [1.807, 2.05) is 0 Å². The minimum Gasteiger partial charge on any atom is -0.481 e. The average molecular weight is 391 g/mol. The maximum absolute atomic E-state index is 11.1. The van der Waals surface area contributed by atoms with E-state index in [0.717, 1.165) is 31.1 Å². The topological polar surface area (TPSA) is 57.5 Å². The first kappa shape index (κ1) is 20.7. The van der Waals surface area contributed by atoms with E-state index in [1.165, 1.54) is 44.9 Å². The van der Waals surface area contributed by atoms with Crippen molar-refractivity contribution in [3.63, 3.8) is 0 Å². The van der Waals surface area contributed by atoms with Crippen LogP contribution in [0.4, 0.5) is 0 Å². The molecule has 4 rings (SSSR count). The zero-order chi connectivity index (χ0) is 20.3. The number of aliphatic hydroxyl groups excluding tert-OH is 1. The number of aliphatic carboxylic acids is 1. The second-order valence-corrected chi connectivity index (χ2v) is 11.9. The standard InChI is InChI=1S/C25H42O3/c1-16(5-8-22(27)28)19-6-7-20-24(19,3)14-11-21-23(2)13-10-18(26)15-17(23)9-12-25(20,21)4/h16-21,26H,5-15H2,1-4H3,(H,27,28)/t16-,17-,18-,19-,20-,21-,23+,24-,25+/m1/s1. The quantitative estimate of drug-likeness (QED) is 0.628. The molecule has 9 atom stereocenters. The van der Waals surface area contributed by atoms with Crippen molar-refractivity contribution in [2.45, 2.75) is 104 Å². The van der Waals surface area contributed by atoms with E-state index in [2.05, 4.69) is 27.7 Å². The molecule has 4 fully saturated rings. The van der Waals surface area contributed by atoms with Crippen molar-refractivity contribution >= 4 is 5.97 Å². The molecule has 0 amide bonds. The van der Waals surface area contributed by atoms with E-state index in [1.54, 1.807) is 0 Å². The normalized spacial score (nSPS) is 51.7. The van der Waals surface area contributed by atoms with Crippen LogP contribution in [0, 0.1) is 45.8 Å². The van der Waals surface area contributed by atoms with Crippen LogP contribution in [0.5, 0.6) is 0 Å². The van der Waals surface area contributed by atoms with Crippen molar-refractivity contribution in [1.29, 1.82) is 0 Å². The molecule has 0 heterocycles. The van der Waals surface area contributed by atoms with Gasteiger partial charge in [-0.05, 0) is 110 Å². The SMILES string of the molecule is C[C@H](CCC(=O)O)[C@H]1CC[C@H]2[C@]3(C)CC[C@@H]4C[C@H](O)CC[C@]4(C)[C@H]3CC[C@@]21C. The Bertz CT molecular complexity index is 617. The maximum Gasteiger partial charge on any atom is 0.303 e. The van der Waals surface area contributed by atoms with Gasteiger partial charge < -0.3 is 10.2 Å². The Morgan fingerprint density at radius 2 is 1.57 bits per heavy atom. The minimum atomic E-state index is -0.645. The van der Waals surface area contributed by atoms with Crippen LogP contribution in [0.1, 0.15) is 98.3 Å². The predicted octanol–water partition coefficient (Wildman–Crippen LogP) is 5.90. The average Bonchev–Trinajstić information content (AvgIpc) is 2.99. The molecule has 0 unspecified atom stereocenters. The van der Waals surface area contributed by atoms with E-state index < -0.39 is 5.97 Å². The van der Waals surface area contributed by atoms with Gasteiger partial charge in [0.1, 0.15) is 0 Å². The van der Waals surface area contributed by atoms with Crippen molar-refractivity contribution in [1.82, 2.24) is 0 Å². The summed E-state index contributed by atoms with van der Waals surface area (Å²) >= 11 is 0. The fourth-order valence-corrected chi connectivity index (χ4v) is 9.44. The molecular formula is C25H42O3. The summed E-state index contributed by atoms with van der Waals surface area (Å²) in [4.78, 5) is 11.1. The lowest BCUT2D eigenvalue weighted by atomic mass is 9.39. The van der Waals surface area contributed by atoms with Gasteiger partial charge in [0, 0.05) is 6.42 Å². The summed E-state index contributed by atoms with van der Waals surface area (Å²) < 4.78 is 0. The lowest BCUT2D eigenvalue weighted by molar-refractivity contribution is -0.176. The van der Waals surface area contributed by atoms with Gasteiger partial charge in [0.25, 0.3) is 0 Å². The summed E-state index contributed by atoms with van der Waals surface area (Å²) in [5.41, 5.74) is 1.24. The van der Waals surface area contributed by atoms with E-state index in [9.17, 15) is 9.90 Å². The summed E-state index contributed by atoms with van der Waals surface area (Å²) in [5, 5.41) is 19.4. The van der Waals surface area contributed by atoms with Crippen molar-refractivity contribution in [2.24, 2.45) is 45.8 Å². The monoisotopic (exact) mass is 390 g/mol. The number of fused-ring (bicyclic) bond motifs is 5. The highest BCUT2D eigenvalue weighted by Gasteiger charge is 2.65. The van der Waals surface area contributed by atoms with Crippen LogP contribution in [-0.2, 0) is 4.79 Å². The summed E-state index contributed by atoms with van der Waals surface area (Å²) in [6, 6.07) is 0. The van der Waals surface area contributed by atoms with Crippen molar-refractivity contribution in [3.8, 4) is 0 Å². The van der Waals surface area contributed by atoms with E-state index in [0.29, 0.717) is 40.4 Å². The first-order chi connectivity index (χ1) is 13.1. The third kappa shape index (κ3) is 2.97. The Kier molecular flexibility index (Phi) is 5.17. The van der Waals surface area contributed by atoms with Gasteiger partial charge in [-0.3, -0.25) is 4.79 Å². The predicted molar refractivity (Wildman–Crippen MR) is 112 cm³/mol. The fraction of sp³-hybridized carbons (Fsp3) is 0.960. The van der Waals surface area contributed by atoms with Crippen molar-refractivity contribution in [3.05, 3.63) is 0 Å². The molecule has 4 aliphatic rings. The molecule has 0 aromatic rings. The lowest BCUT2D eigenvalue weighted by Crippen LogP contribution is -2.59. The molecule has 0 aromatic heterocycles. The fourth-order valence-electron chi connectivity index (χ4n) is 9.44. The number of hydrogen-bond acceptors (Lipinski definition) is 2. The van der Waals surface area contributed by atoms with Gasteiger partial charge in [0.2, 0.25) is 0 Å².